The zero-order valence-corrected chi connectivity index (χ0v) is 24.3. The second-order valence-electron chi connectivity index (χ2n) is 10.0. The van der Waals surface area contributed by atoms with E-state index in [-0.39, 0.29) is 17.2 Å². The fourth-order valence-electron chi connectivity index (χ4n) is 5.05. The summed E-state index contributed by atoms with van der Waals surface area (Å²) in [4.78, 5) is 13.7. The first kappa shape index (κ1) is 32.5. The topological polar surface area (TPSA) is 148 Å². The Morgan fingerprint density at radius 1 is 0.974 bits per heavy atom. The number of esters is 1. The summed E-state index contributed by atoms with van der Waals surface area (Å²) in [5.41, 5.74) is 1.02. The van der Waals surface area contributed by atoms with Gasteiger partial charge in [0.25, 0.3) is 0 Å². The Balaban J connectivity index is 1.46. The second kappa shape index (κ2) is 15.3. The van der Waals surface area contributed by atoms with Crippen molar-refractivity contribution < 1.29 is 40.2 Å². The monoisotopic (exact) mass is 624 g/mol. The highest BCUT2D eigenvalue weighted by Crippen LogP contribution is 2.42. The van der Waals surface area contributed by atoms with Gasteiger partial charge in [-0.25, -0.2) is 4.79 Å². The second-order valence-corrected chi connectivity index (χ2v) is 12.6. The predicted octanol–water partition coefficient (Wildman–Crippen LogP) is 3.21. The van der Waals surface area contributed by atoms with Crippen LogP contribution in [0.4, 0.5) is 0 Å². The van der Waals surface area contributed by atoms with E-state index < -0.39 is 49.7 Å². The average molecular weight is 626 g/mol. The molecular weight excluding hydrogens is 591 g/mol. The van der Waals surface area contributed by atoms with Crippen molar-refractivity contribution >= 4 is 52.1 Å². The van der Waals surface area contributed by atoms with Crippen molar-refractivity contribution in [2.45, 2.75) is 74.4 Å². The lowest BCUT2D eigenvalue weighted by atomic mass is 9.85. The molecule has 3 rings (SSSR count). The molecule has 0 radical (unpaired) electrons. The largest absolute Gasteiger partial charge is 0.459 e. The van der Waals surface area contributed by atoms with Gasteiger partial charge in [-0.05, 0) is 86.3 Å². The third kappa shape index (κ3) is 9.26. The van der Waals surface area contributed by atoms with Crippen LogP contribution < -0.4 is 0 Å². The molecule has 1 heterocycles. The van der Waals surface area contributed by atoms with Gasteiger partial charge in [0.05, 0.1) is 12.7 Å². The van der Waals surface area contributed by atoms with Crippen molar-refractivity contribution in [2.75, 3.05) is 13.2 Å². The minimum atomic E-state index is -1.80. The number of aliphatic hydroxyl groups is 6. The third-order valence-corrected chi connectivity index (χ3v) is 9.26. The van der Waals surface area contributed by atoms with Crippen molar-refractivity contribution in [3.05, 3.63) is 55.7 Å². The van der Waals surface area contributed by atoms with Crippen LogP contribution in [0.1, 0.15) is 45.8 Å². The van der Waals surface area contributed by atoms with Crippen LogP contribution in [0.3, 0.4) is 0 Å². The highest BCUT2D eigenvalue weighted by atomic mass is 35.5. The van der Waals surface area contributed by atoms with E-state index >= 15 is 0 Å². The number of halogens is 3. The van der Waals surface area contributed by atoms with Crippen molar-refractivity contribution in [1.29, 1.82) is 0 Å². The van der Waals surface area contributed by atoms with Gasteiger partial charge < -0.3 is 35.4 Å². The Hall–Kier alpha value is -0.980. The molecule has 1 aromatic heterocycles. The number of aryl methyl sites for hydroxylation is 2. The average Bonchev–Trinajstić information content (AvgIpc) is 3.47. The van der Waals surface area contributed by atoms with E-state index in [1.165, 1.54) is 11.3 Å². The van der Waals surface area contributed by atoms with Crippen molar-refractivity contribution in [1.82, 2.24) is 0 Å². The first-order valence-corrected chi connectivity index (χ1v) is 14.9. The lowest BCUT2D eigenvalue weighted by Gasteiger charge is -2.25. The SMILES string of the molecule is O=C(OC[C@@H](O)[C@H](O)[C@H](O)[C@@H](O)CO)c1ccc(CCC[C@@H]2[C@@H](CCc3cc(Cl)cc(Cl)c3)[C@H](O)C[C@H]2Cl)s1. The van der Waals surface area contributed by atoms with Gasteiger partial charge in [-0.3, -0.25) is 0 Å². The molecule has 0 saturated heterocycles. The molecule has 0 aliphatic heterocycles. The van der Waals surface area contributed by atoms with Gasteiger partial charge in [0.15, 0.2) is 0 Å². The summed E-state index contributed by atoms with van der Waals surface area (Å²) in [6.07, 6.45) is -2.88. The molecule has 6 N–H and O–H groups in total. The first-order valence-electron chi connectivity index (χ1n) is 12.9. The Bertz CT molecular complexity index is 1050. The minimum absolute atomic E-state index is 0.0675. The minimum Gasteiger partial charge on any atom is -0.459 e. The van der Waals surface area contributed by atoms with Crippen LogP contribution in [0.5, 0.6) is 0 Å². The van der Waals surface area contributed by atoms with Gasteiger partial charge in [0, 0.05) is 20.3 Å². The third-order valence-electron chi connectivity index (χ3n) is 7.20. The van der Waals surface area contributed by atoms with Crippen molar-refractivity contribution in [3.63, 3.8) is 0 Å². The number of carbonyl (C=O) groups excluding carboxylic acids is 1. The first-order chi connectivity index (χ1) is 18.5. The maximum atomic E-state index is 12.4. The smallest absolute Gasteiger partial charge is 0.348 e. The molecule has 1 aromatic carbocycles. The molecule has 0 unspecified atom stereocenters. The van der Waals surface area contributed by atoms with Crippen molar-refractivity contribution in [2.24, 2.45) is 11.8 Å². The van der Waals surface area contributed by atoms with Crippen LogP contribution in [0, 0.1) is 11.8 Å². The van der Waals surface area contributed by atoms with E-state index in [0.29, 0.717) is 21.3 Å². The zero-order chi connectivity index (χ0) is 28.7. The Morgan fingerprint density at radius 3 is 2.31 bits per heavy atom. The summed E-state index contributed by atoms with van der Waals surface area (Å²) >= 11 is 20.1. The molecule has 1 saturated carbocycles. The van der Waals surface area contributed by atoms with Crippen LogP contribution in [-0.4, -0.2) is 85.7 Å². The van der Waals surface area contributed by atoms with E-state index in [0.717, 1.165) is 42.5 Å². The van der Waals surface area contributed by atoms with E-state index in [2.05, 4.69) is 0 Å². The summed E-state index contributed by atoms with van der Waals surface area (Å²) in [5, 5.41) is 59.3. The van der Waals surface area contributed by atoms with Crippen LogP contribution >= 0.6 is 46.1 Å². The number of hydrogen-bond acceptors (Lipinski definition) is 9. The molecule has 0 amide bonds. The lowest BCUT2D eigenvalue weighted by Crippen LogP contribution is -2.47. The molecular formula is C27H35Cl3O8S. The van der Waals surface area contributed by atoms with Gasteiger partial charge in [-0.2, -0.15) is 0 Å². The molecule has 218 valence electrons. The number of hydrogen-bond donors (Lipinski definition) is 6. The van der Waals surface area contributed by atoms with Gasteiger partial charge in [-0.15, -0.1) is 22.9 Å². The molecule has 0 bridgehead atoms. The molecule has 1 aliphatic rings. The number of ether oxygens (including phenoxy) is 1. The Morgan fingerprint density at radius 2 is 1.64 bits per heavy atom. The highest BCUT2D eigenvalue weighted by Gasteiger charge is 2.40. The summed E-state index contributed by atoms with van der Waals surface area (Å²) < 4.78 is 5.04. The fourth-order valence-corrected chi connectivity index (χ4v) is 7.06. The van der Waals surface area contributed by atoms with E-state index in [4.69, 9.17) is 44.6 Å². The van der Waals surface area contributed by atoms with Crippen LogP contribution in [-0.2, 0) is 17.6 Å². The van der Waals surface area contributed by atoms with E-state index in [1.54, 1.807) is 12.1 Å². The Kier molecular flexibility index (Phi) is 12.8. The van der Waals surface area contributed by atoms with Crippen LogP contribution in [0.15, 0.2) is 30.3 Å². The predicted molar refractivity (Wildman–Crippen MR) is 151 cm³/mol. The molecule has 8 atom stereocenters. The highest BCUT2D eigenvalue weighted by molar-refractivity contribution is 7.13. The van der Waals surface area contributed by atoms with E-state index in [9.17, 15) is 30.3 Å². The maximum Gasteiger partial charge on any atom is 0.348 e. The van der Waals surface area contributed by atoms with Gasteiger partial charge in [0.2, 0.25) is 0 Å². The molecule has 0 spiro atoms. The number of thiophene rings is 1. The van der Waals surface area contributed by atoms with Crippen LogP contribution in [0.2, 0.25) is 10.0 Å². The molecule has 1 aliphatic carbocycles. The number of rotatable bonds is 14. The number of benzene rings is 1. The molecule has 8 nitrogen and oxygen atoms in total. The maximum absolute atomic E-state index is 12.4. The van der Waals surface area contributed by atoms with Gasteiger partial charge >= 0.3 is 5.97 Å². The van der Waals surface area contributed by atoms with Crippen LogP contribution in [0.25, 0.3) is 0 Å². The van der Waals surface area contributed by atoms with E-state index in [1.807, 2.05) is 18.2 Å². The molecule has 2 aromatic rings. The zero-order valence-electron chi connectivity index (χ0n) is 21.2. The van der Waals surface area contributed by atoms with Gasteiger partial charge in [0.1, 0.15) is 35.9 Å². The fraction of sp³-hybridized carbons (Fsp3) is 0.593. The van der Waals surface area contributed by atoms with Gasteiger partial charge in [-0.1, -0.05) is 23.2 Å². The normalized spacial score (nSPS) is 24.3. The van der Waals surface area contributed by atoms with Crippen molar-refractivity contribution in [3.8, 4) is 0 Å². The summed E-state index contributed by atoms with van der Waals surface area (Å²) in [5.74, 6) is -0.457. The summed E-state index contributed by atoms with van der Waals surface area (Å²) in [6.45, 7) is -1.39. The molecule has 39 heavy (non-hydrogen) atoms. The molecule has 12 heteroatoms. The number of aliphatic hydroxyl groups excluding tert-OH is 6. The summed E-state index contributed by atoms with van der Waals surface area (Å²) in [7, 11) is 0. The lowest BCUT2D eigenvalue weighted by molar-refractivity contribution is -0.124. The number of alkyl halides is 1. The molecule has 1 fully saturated rings. The number of carbonyl (C=O) groups is 1. The Labute approximate surface area is 246 Å². The summed E-state index contributed by atoms with van der Waals surface area (Å²) in [6, 6.07) is 8.91. The quantitative estimate of drug-likeness (QED) is 0.139. The standard InChI is InChI=1S/C27H35Cl3O8S/c28-15-8-14(9-16(29)10-15)4-6-19-18(20(30)11-21(19)32)3-1-2-17-5-7-24(39-17)27(37)38-13-23(34)26(36)25(35)22(33)12-31/h5,7-10,18-23,25-26,31-36H,1-4,6,11-13H2/t18-,19-,20-,21-,22+,23-,25-,26+/m1/s1.